The van der Waals surface area contributed by atoms with Crippen LogP contribution >= 0.6 is 0 Å². The number of fused-ring (bicyclic) bond motifs is 1. The fourth-order valence-corrected chi connectivity index (χ4v) is 4.16. The number of imide groups is 1. The summed E-state index contributed by atoms with van der Waals surface area (Å²) in [6.45, 7) is 8.67. The molecule has 0 saturated carbocycles. The number of hydrogen-bond donors (Lipinski definition) is 0. The first-order valence-corrected chi connectivity index (χ1v) is 11.6. The van der Waals surface area contributed by atoms with Gasteiger partial charge in [0.15, 0.2) is 0 Å². The van der Waals surface area contributed by atoms with Gasteiger partial charge in [-0.15, -0.1) is 0 Å². The molecule has 0 unspecified atom stereocenters. The second-order valence-corrected chi connectivity index (χ2v) is 8.54. The van der Waals surface area contributed by atoms with Crippen molar-refractivity contribution in [3.05, 3.63) is 23.8 Å². The largest absolute Gasteiger partial charge is 0.494 e. The lowest BCUT2D eigenvalue weighted by Gasteiger charge is -2.32. The summed E-state index contributed by atoms with van der Waals surface area (Å²) < 4.78 is 11.5. The highest BCUT2D eigenvalue weighted by molar-refractivity contribution is 6.06. The maximum atomic E-state index is 12.9. The number of hydrogen-bond acceptors (Lipinski definition) is 7. The van der Waals surface area contributed by atoms with E-state index >= 15 is 0 Å². The number of piperazine rings is 1. The lowest BCUT2D eigenvalue weighted by molar-refractivity contribution is -0.125. The van der Waals surface area contributed by atoms with Crippen LogP contribution in [-0.4, -0.2) is 103 Å². The van der Waals surface area contributed by atoms with E-state index in [1.807, 2.05) is 18.2 Å². The Labute approximate surface area is 189 Å². The van der Waals surface area contributed by atoms with E-state index in [4.69, 9.17) is 9.47 Å². The summed E-state index contributed by atoms with van der Waals surface area (Å²) in [5, 5.41) is 5.87. The van der Waals surface area contributed by atoms with E-state index in [9.17, 15) is 9.59 Å². The number of rotatable bonds is 8. The Hall–Kier alpha value is -2.65. The van der Waals surface area contributed by atoms with E-state index < -0.39 is 0 Å². The zero-order chi connectivity index (χ0) is 22.5. The molecule has 0 N–H and O–H groups in total. The third-order valence-corrected chi connectivity index (χ3v) is 6.06. The summed E-state index contributed by atoms with van der Waals surface area (Å²) in [5.74, 6) is 1.28. The normalized spacial score (nSPS) is 21.2. The topological polar surface area (TPSA) is 77.9 Å². The number of carbonyl (C=O) groups is 2. The summed E-state index contributed by atoms with van der Waals surface area (Å²) in [5.41, 5.74) is 1.56. The number of likely N-dealkylation sites (N-methyl/N-ethyl adjacent to an activating group) is 1. The molecule has 4 rings (SSSR count). The van der Waals surface area contributed by atoms with Crippen LogP contribution in [0.1, 0.15) is 31.7 Å². The van der Waals surface area contributed by atoms with Gasteiger partial charge in [0.1, 0.15) is 18.0 Å². The smallest absolute Gasteiger partial charge is 0.347 e. The molecule has 9 nitrogen and oxygen atoms in total. The Morgan fingerprint density at radius 1 is 1.12 bits per heavy atom. The molecule has 3 aliphatic rings. The summed E-state index contributed by atoms with van der Waals surface area (Å²) in [4.78, 5) is 31.4. The molecule has 1 aromatic rings. The first-order valence-electron chi connectivity index (χ1n) is 11.6. The molecule has 0 spiro atoms. The maximum absolute atomic E-state index is 12.9. The minimum absolute atomic E-state index is 0.0148. The van der Waals surface area contributed by atoms with Gasteiger partial charge in [-0.05, 0) is 44.6 Å². The highest BCUT2D eigenvalue weighted by Gasteiger charge is 2.36. The first kappa shape index (κ1) is 22.5. The molecule has 0 bridgehead atoms. The number of amides is 3. The van der Waals surface area contributed by atoms with Crippen molar-refractivity contribution in [2.75, 3.05) is 66.1 Å². The van der Waals surface area contributed by atoms with Gasteiger partial charge >= 0.3 is 6.03 Å². The zero-order valence-electron chi connectivity index (χ0n) is 19.1. The van der Waals surface area contributed by atoms with Crippen molar-refractivity contribution in [3.8, 4) is 11.5 Å². The Morgan fingerprint density at radius 2 is 1.94 bits per heavy atom. The van der Waals surface area contributed by atoms with Gasteiger partial charge in [-0.2, -0.15) is 5.10 Å². The molecule has 2 saturated heterocycles. The first-order chi connectivity index (χ1) is 15.5. The second-order valence-electron chi connectivity index (χ2n) is 8.54. The molecule has 0 aromatic heterocycles. The lowest BCUT2D eigenvalue weighted by Crippen LogP contribution is -2.45. The number of hydrazone groups is 1. The quantitative estimate of drug-likeness (QED) is 0.571. The van der Waals surface area contributed by atoms with E-state index in [1.165, 1.54) is 9.91 Å². The van der Waals surface area contributed by atoms with Gasteiger partial charge < -0.3 is 19.3 Å². The molecular weight excluding hydrogens is 410 g/mol. The maximum Gasteiger partial charge on any atom is 0.347 e. The number of urea groups is 1. The molecule has 32 heavy (non-hydrogen) atoms. The van der Waals surface area contributed by atoms with Crippen molar-refractivity contribution in [3.63, 3.8) is 0 Å². The van der Waals surface area contributed by atoms with Crippen LogP contribution in [0.4, 0.5) is 4.79 Å². The molecule has 3 heterocycles. The van der Waals surface area contributed by atoms with Crippen molar-refractivity contribution in [1.29, 1.82) is 0 Å². The van der Waals surface area contributed by atoms with Crippen molar-refractivity contribution in [2.45, 2.75) is 26.2 Å². The van der Waals surface area contributed by atoms with Crippen LogP contribution in [-0.2, 0) is 4.79 Å². The van der Waals surface area contributed by atoms with Gasteiger partial charge in [0, 0.05) is 44.7 Å². The molecule has 2 fully saturated rings. The molecule has 9 heteroatoms. The van der Waals surface area contributed by atoms with Gasteiger partial charge in [0.2, 0.25) is 0 Å². The van der Waals surface area contributed by atoms with Gasteiger partial charge in [-0.25, -0.2) is 9.80 Å². The third-order valence-electron chi connectivity index (χ3n) is 6.06. The molecule has 174 valence electrons. The highest BCUT2D eigenvalue weighted by atomic mass is 16.5. The van der Waals surface area contributed by atoms with Crippen LogP contribution in [0, 0.1) is 0 Å². The Kier molecular flexibility index (Phi) is 7.26. The number of ether oxygens (including phenoxy) is 2. The lowest BCUT2D eigenvalue weighted by atomic mass is 10.0. The standard InChI is InChI=1S/C23H33N5O4/c1-3-14-31-18-5-6-21-19(16-18)20(7-15-32-21)24-28-17-22(29)27(23(28)30)9-4-8-26-12-10-25(2)11-13-26/h5-6,16H,3-4,7-15,17H2,1-2H3/b24-20+. The molecule has 0 atom stereocenters. The van der Waals surface area contributed by atoms with Crippen molar-refractivity contribution >= 4 is 17.6 Å². The monoisotopic (exact) mass is 443 g/mol. The number of carbonyl (C=O) groups excluding carboxylic acids is 2. The van der Waals surface area contributed by atoms with Gasteiger partial charge in [0.25, 0.3) is 5.91 Å². The van der Waals surface area contributed by atoms with E-state index in [1.54, 1.807) is 0 Å². The Bertz CT molecular complexity index is 866. The summed E-state index contributed by atoms with van der Waals surface area (Å²) in [6.07, 6.45) is 2.27. The molecule has 3 amide bonds. The van der Waals surface area contributed by atoms with Gasteiger partial charge in [-0.3, -0.25) is 9.69 Å². The van der Waals surface area contributed by atoms with E-state index in [2.05, 4.69) is 28.9 Å². The van der Waals surface area contributed by atoms with E-state index in [0.29, 0.717) is 26.2 Å². The fourth-order valence-electron chi connectivity index (χ4n) is 4.16. The number of nitrogens with zero attached hydrogens (tertiary/aromatic N) is 5. The average Bonchev–Trinajstić information content (AvgIpc) is 3.06. The Morgan fingerprint density at radius 3 is 2.72 bits per heavy atom. The molecule has 3 aliphatic heterocycles. The summed E-state index contributed by atoms with van der Waals surface area (Å²) in [7, 11) is 2.13. The third kappa shape index (κ3) is 5.21. The van der Waals surface area contributed by atoms with Crippen LogP contribution in [0.25, 0.3) is 0 Å². The van der Waals surface area contributed by atoms with E-state index in [0.717, 1.165) is 68.3 Å². The Balaban J connectivity index is 1.38. The SMILES string of the molecule is CCCOc1ccc2c(c1)/C(=N/N1CC(=O)N(CCCN3CCN(C)CC3)C1=O)CCO2. The zero-order valence-corrected chi connectivity index (χ0v) is 19.1. The highest BCUT2D eigenvalue weighted by Crippen LogP contribution is 2.30. The molecule has 0 radical (unpaired) electrons. The minimum atomic E-state index is -0.340. The van der Waals surface area contributed by atoms with Crippen molar-refractivity contribution in [2.24, 2.45) is 5.10 Å². The van der Waals surface area contributed by atoms with Crippen LogP contribution < -0.4 is 9.47 Å². The second kappa shape index (κ2) is 10.3. The van der Waals surface area contributed by atoms with E-state index in [-0.39, 0.29) is 18.5 Å². The van der Waals surface area contributed by atoms with Crippen LogP contribution in [0.2, 0.25) is 0 Å². The summed E-state index contributed by atoms with van der Waals surface area (Å²) >= 11 is 0. The van der Waals surface area contributed by atoms with Crippen LogP contribution in [0.5, 0.6) is 11.5 Å². The predicted molar refractivity (Wildman–Crippen MR) is 121 cm³/mol. The van der Waals surface area contributed by atoms with Gasteiger partial charge in [-0.1, -0.05) is 6.92 Å². The van der Waals surface area contributed by atoms with Crippen molar-refractivity contribution < 1.29 is 19.1 Å². The molecule has 1 aromatic carbocycles. The molecular formula is C23H33N5O4. The van der Waals surface area contributed by atoms with Crippen molar-refractivity contribution in [1.82, 2.24) is 19.7 Å². The number of benzene rings is 1. The minimum Gasteiger partial charge on any atom is -0.494 e. The summed E-state index contributed by atoms with van der Waals surface area (Å²) in [6, 6.07) is 5.31. The predicted octanol–water partition coefficient (Wildman–Crippen LogP) is 1.86. The fraction of sp³-hybridized carbons (Fsp3) is 0.609. The van der Waals surface area contributed by atoms with Crippen LogP contribution in [0.15, 0.2) is 23.3 Å². The molecule has 0 aliphatic carbocycles. The average molecular weight is 444 g/mol. The van der Waals surface area contributed by atoms with Crippen LogP contribution in [0.3, 0.4) is 0 Å². The van der Waals surface area contributed by atoms with Gasteiger partial charge in [0.05, 0.1) is 18.9 Å².